The molecule has 0 aliphatic rings. The van der Waals surface area contributed by atoms with E-state index in [1.165, 1.54) is 21.5 Å². The molecule has 0 unspecified atom stereocenters. The molecule has 5 aromatic carbocycles. The fourth-order valence-electron chi connectivity index (χ4n) is 5.41. The van der Waals surface area contributed by atoms with Gasteiger partial charge in [-0.15, -0.1) is 0 Å². The van der Waals surface area contributed by atoms with E-state index in [2.05, 4.69) is 81.3 Å². The molecule has 0 fully saturated rings. The quantitative estimate of drug-likeness (QED) is 0.186. The molecule has 0 amide bonds. The third-order valence-electron chi connectivity index (χ3n) is 7.34. The first-order chi connectivity index (χ1) is 19.7. The van der Waals surface area contributed by atoms with Gasteiger partial charge < -0.3 is 10.3 Å². The van der Waals surface area contributed by atoms with E-state index in [1.54, 1.807) is 6.20 Å². The lowest BCUT2D eigenvalue weighted by Gasteiger charge is -2.10. The number of aromatic nitrogens is 2. The number of nitrogens with two attached hydrogens (primary N) is 1. The maximum Gasteiger partial charge on any atom is 0.155 e. The SMILES string of the molecule is N=C(N=C(N)c1ccc(-c2ccccc2)cc1)c1cncc(-n2c3ccccc3c3c4ccccc4ccc32)c1. The van der Waals surface area contributed by atoms with E-state index in [0.29, 0.717) is 11.4 Å². The van der Waals surface area contributed by atoms with Crippen molar-refractivity contribution in [2.45, 2.75) is 0 Å². The first-order valence-electron chi connectivity index (χ1n) is 13.1. The van der Waals surface area contributed by atoms with E-state index in [9.17, 15) is 0 Å². The second kappa shape index (κ2) is 9.64. The van der Waals surface area contributed by atoms with E-state index in [4.69, 9.17) is 11.1 Å². The minimum absolute atomic E-state index is 0.0604. The smallest absolute Gasteiger partial charge is 0.155 e. The summed E-state index contributed by atoms with van der Waals surface area (Å²) in [7, 11) is 0. The largest absolute Gasteiger partial charge is 0.383 e. The number of benzene rings is 5. The summed E-state index contributed by atoms with van der Waals surface area (Å²) < 4.78 is 2.20. The van der Waals surface area contributed by atoms with Crippen molar-refractivity contribution in [3.05, 3.63) is 145 Å². The Morgan fingerprint density at radius 3 is 2.17 bits per heavy atom. The van der Waals surface area contributed by atoms with Crippen LogP contribution in [0.5, 0.6) is 0 Å². The van der Waals surface area contributed by atoms with Crippen molar-refractivity contribution in [1.29, 1.82) is 5.41 Å². The summed E-state index contributed by atoms with van der Waals surface area (Å²) >= 11 is 0. The number of rotatable bonds is 4. The van der Waals surface area contributed by atoms with Crippen LogP contribution in [-0.2, 0) is 0 Å². The molecule has 0 atom stereocenters. The Hall–Kier alpha value is -5.55. The Kier molecular flexibility index (Phi) is 5.68. The van der Waals surface area contributed by atoms with E-state index in [-0.39, 0.29) is 5.84 Å². The third-order valence-corrected chi connectivity index (χ3v) is 7.34. The van der Waals surface area contributed by atoms with Gasteiger partial charge in [0.15, 0.2) is 5.84 Å². The second-order valence-electron chi connectivity index (χ2n) is 9.75. The summed E-state index contributed by atoms with van der Waals surface area (Å²) in [6, 6.07) is 41.2. The number of aliphatic imine (C=N–C) groups is 1. The van der Waals surface area contributed by atoms with Crippen molar-refractivity contribution in [3.63, 3.8) is 0 Å². The molecule has 0 saturated carbocycles. The molecule has 0 bridgehead atoms. The zero-order valence-corrected chi connectivity index (χ0v) is 21.6. The predicted octanol–water partition coefficient (Wildman–Crippen LogP) is 7.73. The maximum absolute atomic E-state index is 8.73. The van der Waals surface area contributed by atoms with Crippen LogP contribution in [0.2, 0.25) is 0 Å². The van der Waals surface area contributed by atoms with Crippen molar-refractivity contribution in [3.8, 4) is 16.8 Å². The molecule has 0 radical (unpaired) electrons. The summed E-state index contributed by atoms with van der Waals surface area (Å²) in [6.45, 7) is 0. The molecule has 2 aromatic heterocycles. The summed E-state index contributed by atoms with van der Waals surface area (Å²) in [6.07, 6.45) is 3.48. The van der Waals surface area contributed by atoms with Crippen molar-refractivity contribution in [1.82, 2.24) is 9.55 Å². The molecular weight excluding hydrogens is 490 g/mol. The molecule has 2 heterocycles. The average Bonchev–Trinajstić information content (AvgIpc) is 3.36. The summed E-state index contributed by atoms with van der Waals surface area (Å²) in [4.78, 5) is 8.93. The molecule has 0 spiro atoms. The maximum atomic E-state index is 8.73. The van der Waals surface area contributed by atoms with Gasteiger partial charge in [0.2, 0.25) is 0 Å². The number of para-hydroxylation sites is 1. The molecule has 3 N–H and O–H groups in total. The molecule has 190 valence electrons. The molecular formula is C35H25N5. The van der Waals surface area contributed by atoms with Gasteiger partial charge >= 0.3 is 0 Å². The summed E-state index contributed by atoms with van der Waals surface area (Å²) in [5.41, 5.74) is 13.0. The number of hydrogen-bond acceptors (Lipinski definition) is 2. The fraction of sp³-hybridized carbons (Fsp3) is 0. The van der Waals surface area contributed by atoms with Crippen molar-refractivity contribution >= 4 is 44.2 Å². The Bertz CT molecular complexity index is 2070. The molecule has 5 heteroatoms. The van der Waals surface area contributed by atoms with Crippen LogP contribution in [0.4, 0.5) is 0 Å². The molecule has 7 aromatic rings. The average molecular weight is 516 g/mol. The van der Waals surface area contributed by atoms with Crippen LogP contribution in [0.1, 0.15) is 11.1 Å². The zero-order valence-electron chi connectivity index (χ0n) is 21.6. The standard InChI is InChI=1S/C35H25N5/c36-34(26-16-14-24(15-17-26)23-8-2-1-3-9-23)39-35(37)27-20-28(22-38-21-27)40-31-13-7-6-12-30(31)33-29-11-5-4-10-25(29)18-19-32(33)40/h1-22H,(H3,36,37,39). The molecule has 0 aliphatic heterocycles. The topological polar surface area (TPSA) is 80.1 Å². The van der Waals surface area contributed by atoms with Crippen molar-refractivity contribution < 1.29 is 0 Å². The molecule has 40 heavy (non-hydrogen) atoms. The first-order valence-corrected chi connectivity index (χ1v) is 13.1. The molecule has 0 aliphatic carbocycles. The Morgan fingerprint density at radius 1 is 0.650 bits per heavy atom. The lowest BCUT2D eigenvalue weighted by molar-refractivity contribution is 1.13. The first kappa shape index (κ1) is 23.6. The van der Waals surface area contributed by atoms with E-state index >= 15 is 0 Å². The van der Waals surface area contributed by atoms with Gasteiger partial charge in [-0.3, -0.25) is 10.4 Å². The highest BCUT2D eigenvalue weighted by Gasteiger charge is 2.15. The van der Waals surface area contributed by atoms with Crippen LogP contribution < -0.4 is 5.73 Å². The van der Waals surface area contributed by atoms with Gasteiger partial charge in [0.1, 0.15) is 5.84 Å². The van der Waals surface area contributed by atoms with Crippen LogP contribution in [0, 0.1) is 5.41 Å². The Balaban J connectivity index is 1.27. The monoisotopic (exact) mass is 515 g/mol. The van der Waals surface area contributed by atoms with Crippen LogP contribution in [0.25, 0.3) is 49.4 Å². The van der Waals surface area contributed by atoms with Crippen LogP contribution in [0.3, 0.4) is 0 Å². The fourth-order valence-corrected chi connectivity index (χ4v) is 5.41. The summed E-state index contributed by atoms with van der Waals surface area (Å²) in [5, 5.41) is 13.5. The van der Waals surface area contributed by atoms with Crippen molar-refractivity contribution in [2.75, 3.05) is 0 Å². The highest BCUT2D eigenvalue weighted by atomic mass is 15.0. The zero-order chi connectivity index (χ0) is 27.1. The number of fused-ring (bicyclic) bond motifs is 5. The Labute approximate surface area is 231 Å². The number of nitrogens with one attached hydrogen (secondary N) is 1. The van der Waals surface area contributed by atoms with Gasteiger partial charge in [-0.1, -0.05) is 103 Å². The second-order valence-corrected chi connectivity index (χ2v) is 9.75. The van der Waals surface area contributed by atoms with Gasteiger partial charge in [-0.25, -0.2) is 4.99 Å². The normalized spacial score (nSPS) is 11.8. The summed E-state index contributed by atoms with van der Waals surface area (Å²) in [5.74, 6) is 0.351. The van der Waals surface area contributed by atoms with Gasteiger partial charge in [0, 0.05) is 28.1 Å². The number of amidine groups is 2. The van der Waals surface area contributed by atoms with E-state index in [0.717, 1.165) is 33.4 Å². The predicted molar refractivity (Wildman–Crippen MR) is 166 cm³/mol. The highest BCUT2D eigenvalue weighted by Crippen LogP contribution is 2.36. The minimum Gasteiger partial charge on any atom is -0.383 e. The van der Waals surface area contributed by atoms with E-state index in [1.807, 2.05) is 60.8 Å². The lowest BCUT2D eigenvalue weighted by atomic mass is 10.0. The number of hydrogen-bond donors (Lipinski definition) is 2. The molecule has 7 rings (SSSR count). The van der Waals surface area contributed by atoms with E-state index < -0.39 is 0 Å². The number of pyridine rings is 1. The van der Waals surface area contributed by atoms with Crippen LogP contribution >= 0.6 is 0 Å². The Morgan fingerprint density at radius 2 is 1.35 bits per heavy atom. The van der Waals surface area contributed by atoms with Gasteiger partial charge in [-0.2, -0.15) is 0 Å². The number of nitrogens with zero attached hydrogens (tertiary/aromatic N) is 3. The van der Waals surface area contributed by atoms with Crippen LogP contribution in [0.15, 0.2) is 139 Å². The van der Waals surface area contributed by atoms with Crippen LogP contribution in [-0.4, -0.2) is 21.2 Å². The lowest BCUT2D eigenvalue weighted by Crippen LogP contribution is -2.16. The molecule has 0 saturated heterocycles. The minimum atomic E-state index is 0.0604. The highest BCUT2D eigenvalue weighted by molar-refractivity contribution is 6.21. The van der Waals surface area contributed by atoms with Crippen molar-refractivity contribution in [2.24, 2.45) is 10.7 Å². The molecule has 5 nitrogen and oxygen atoms in total. The van der Waals surface area contributed by atoms with Gasteiger partial charge in [-0.05, 0) is 40.1 Å². The third kappa shape index (κ3) is 4.01. The van der Waals surface area contributed by atoms with Gasteiger partial charge in [0.25, 0.3) is 0 Å². The van der Waals surface area contributed by atoms with Gasteiger partial charge in [0.05, 0.1) is 22.9 Å².